The molecule has 0 aromatic rings. The van der Waals surface area contributed by atoms with Crippen molar-refractivity contribution in [1.82, 2.24) is 0 Å². The zero-order valence-corrected chi connectivity index (χ0v) is 9.54. The van der Waals surface area contributed by atoms with E-state index in [9.17, 15) is 5.11 Å². The first kappa shape index (κ1) is 12.0. The van der Waals surface area contributed by atoms with Crippen LogP contribution in [0.4, 0.5) is 0 Å². The van der Waals surface area contributed by atoms with Crippen molar-refractivity contribution in [2.45, 2.75) is 52.1 Å². The van der Waals surface area contributed by atoms with E-state index in [-0.39, 0.29) is 6.10 Å². The Morgan fingerprint density at radius 1 is 1.36 bits per heavy atom. The van der Waals surface area contributed by atoms with Crippen LogP contribution in [0.1, 0.15) is 46.0 Å². The highest BCUT2D eigenvalue weighted by atomic mass is 16.5. The van der Waals surface area contributed by atoms with Gasteiger partial charge >= 0.3 is 0 Å². The Bertz CT molecular complexity index is 141. The van der Waals surface area contributed by atoms with Gasteiger partial charge in [-0.3, -0.25) is 0 Å². The molecule has 0 amide bonds. The highest BCUT2D eigenvalue weighted by Gasteiger charge is 2.23. The predicted molar refractivity (Wildman–Crippen MR) is 58.2 cm³/mol. The second-order valence-electron chi connectivity index (χ2n) is 4.65. The molecule has 1 fully saturated rings. The van der Waals surface area contributed by atoms with Gasteiger partial charge in [0.05, 0.1) is 6.10 Å². The van der Waals surface area contributed by atoms with E-state index in [0.29, 0.717) is 11.8 Å². The van der Waals surface area contributed by atoms with E-state index in [1.807, 2.05) is 0 Å². The van der Waals surface area contributed by atoms with Gasteiger partial charge < -0.3 is 9.84 Å². The van der Waals surface area contributed by atoms with Crippen LogP contribution in [0.2, 0.25) is 0 Å². The summed E-state index contributed by atoms with van der Waals surface area (Å²) in [5.41, 5.74) is 0. The Morgan fingerprint density at radius 2 is 2.00 bits per heavy atom. The maximum absolute atomic E-state index is 10.0. The summed E-state index contributed by atoms with van der Waals surface area (Å²) in [4.78, 5) is 0. The molecular weight excluding hydrogens is 176 g/mol. The molecular formula is C12H24O2. The first-order chi connectivity index (χ1) is 6.74. The summed E-state index contributed by atoms with van der Waals surface area (Å²) in [6.45, 7) is 6.12. The number of aliphatic hydroxyl groups excluding tert-OH is 1. The standard InChI is InChI=1S/C12H24O2/c1-3-4-10(2)9-12(13)11-5-7-14-8-6-11/h10-13H,3-9H2,1-2H3. The molecule has 0 radical (unpaired) electrons. The molecule has 1 heterocycles. The minimum Gasteiger partial charge on any atom is -0.393 e. The van der Waals surface area contributed by atoms with Gasteiger partial charge in [0.25, 0.3) is 0 Å². The topological polar surface area (TPSA) is 29.5 Å². The van der Waals surface area contributed by atoms with Crippen LogP contribution >= 0.6 is 0 Å². The Balaban J connectivity index is 2.21. The fourth-order valence-corrected chi connectivity index (χ4v) is 2.32. The average Bonchev–Trinajstić information content (AvgIpc) is 2.19. The molecule has 0 aromatic carbocycles. The van der Waals surface area contributed by atoms with Crippen molar-refractivity contribution in [2.24, 2.45) is 11.8 Å². The molecule has 1 N–H and O–H groups in total. The zero-order valence-electron chi connectivity index (χ0n) is 9.54. The van der Waals surface area contributed by atoms with Crippen LogP contribution in [0.5, 0.6) is 0 Å². The molecule has 1 rings (SSSR count). The smallest absolute Gasteiger partial charge is 0.0572 e. The van der Waals surface area contributed by atoms with Gasteiger partial charge in [-0.05, 0) is 31.1 Å². The van der Waals surface area contributed by atoms with Gasteiger partial charge in [0.2, 0.25) is 0 Å². The third-order valence-corrected chi connectivity index (χ3v) is 3.24. The van der Waals surface area contributed by atoms with Gasteiger partial charge in [-0.25, -0.2) is 0 Å². The zero-order chi connectivity index (χ0) is 10.4. The normalized spacial score (nSPS) is 23.4. The van der Waals surface area contributed by atoms with E-state index >= 15 is 0 Å². The van der Waals surface area contributed by atoms with E-state index in [1.165, 1.54) is 12.8 Å². The molecule has 0 spiro atoms. The van der Waals surface area contributed by atoms with Crippen LogP contribution < -0.4 is 0 Å². The lowest BCUT2D eigenvalue weighted by Gasteiger charge is -2.28. The Morgan fingerprint density at radius 3 is 2.57 bits per heavy atom. The van der Waals surface area contributed by atoms with E-state index < -0.39 is 0 Å². The molecule has 84 valence electrons. The van der Waals surface area contributed by atoms with Gasteiger partial charge in [-0.1, -0.05) is 26.7 Å². The van der Waals surface area contributed by atoms with Crippen molar-refractivity contribution in [1.29, 1.82) is 0 Å². The first-order valence-corrected chi connectivity index (χ1v) is 5.99. The van der Waals surface area contributed by atoms with Crippen LogP contribution in [-0.4, -0.2) is 24.4 Å². The number of hydrogen-bond acceptors (Lipinski definition) is 2. The maximum atomic E-state index is 10.0. The predicted octanol–water partition coefficient (Wildman–Crippen LogP) is 2.60. The molecule has 1 saturated heterocycles. The third-order valence-electron chi connectivity index (χ3n) is 3.24. The molecule has 0 aromatic heterocycles. The Labute approximate surface area is 87.7 Å². The largest absolute Gasteiger partial charge is 0.393 e. The number of ether oxygens (including phenoxy) is 1. The van der Waals surface area contributed by atoms with Gasteiger partial charge in [0.15, 0.2) is 0 Å². The van der Waals surface area contributed by atoms with Gasteiger partial charge in [0, 0.05) is 13.2 Å². The van der Waals surface area contributed by atoms with Crippen LogP contribution in [0.15, 0.2) is 0 Å². The van der Waals surface area contributed by atoms with Crippen LogP contribution in [-0.2, 0) is 4.74 Å². The van der Waals surface area contributed by atoms with Gasteiger partial charge in [-0.2, -0.15) is 0 Å². The quantitative estimate of drug-likeness (QED) is 0.739. The summed E-state index contributed by atoms with van der Waals surface area (Å²) in [6, 6.07) is 0. The van der Waals surface area contributed by atoms with Crippen LogP contribution in [0.25, 0.3) is 0 Å². The van der Waals surface area contributed by atoms with Crippen molar-refractivity contribution in [3.8, 4) is 0 Å². The fourth-order valence-electron chi connectivity index (χ4n) is 2.32. The second kappa shape index (κ2) is 6.41. The second-order valence-corrected chi connectivity index (χ2v) is 4.65. The van der Waals surface area contributed by atoms with Gasteiger partial charge in [0.1, 0.15) is 0 Å². The Hall–Kier alpha value is -0.0800. The number of aliphatic hydroxyl groups is 1. The Kier molecular flexibility index (Phi) is 5.49. The summed E-state index contributed by atoms with van der Waals surface area (Å²) < 4.78 is 5.29. The summed E-state index contributed by atoms with van der Waals surface area (Å²) in [6.07, 6.45) is 5.42. The van der Waals surface area contributed by atoms with Crippen molar-refractivity contribution in [2.75, 3.05) is 13.2 Å². The molecule has 2 atom stereocenters. The SMILES string of the molecule is CCCC(C)CC(O)C1CCOCC1. The van der Waals surface area contributed by atoms with Crippen LogP contribution in [0, 0.1) is 11.8 Å². The van der Waals surface area contributed by atoms with Crippen LogP contribution in [0.3, 0.4) is 0 Å². The monoisotopic (exact) mass is 200 g/mol. The molecule has 1 aliphatic rings. The molecule has 0 saturated carbocycles. The lowest BCUT2D eigenvalue weighted by Crippen LogP contribution is -2.28. The lowest BCUT2D eigenvalue weighted by atomic mass is 9.87. The number of rotatable bonds is 5. The summed E-state index contributed by atoms with van der Waals surface area (Å²) in [5, 5.41) is 10.0. The lowest BCUT2D eigenvalue weighted by molar-refractivity contribution is -0.000833. The first-order valence-electron chi connectivity index (χ1n) is 5.99. The molecule has 2 heteroatoms. The molecule has 0 bridgehead atoms. The molecule has 1 aliphatic heterocycles. The summed E-state index contributed by atoms with van der Waals surface area (Å²) in [7, 11) is 0. The van der Waals surface area contributed by atoms with Gasteiger partial charge in [-0.15, -0.1) is 0 Å². The summed E-state index contributed by atoms with van der Waals surface area (Å²) >= 11 is 0. The average molecular weight is 200 g/mol. The van der Waals surface area contributed by atoms with Crippen molar-refractivity contribution in [3.63, 3.8) is 0 Å². The third kappa shape index (κ3) is 3.97. The number of hydrogen-bond donors (Lipinski definition) is 1. The minimum atomic E-state index is -0.0968. The summed E-state index contributed by atoms with van der Waals surface area (Å²) in [5.74, 6) is 1.15. The van der Waals surface area contributed by atoms with Crippen molar-refractivity contribution < 1.29 is 9.84 Å². The van der Waals surface area contributed by atoms with E-state index in [1.54, 1.807) is 0 Å². The van der Waals surface area contributed by atoms with E-state index in [4.69, 9.17) is 4.74 Å². The highest BCUT2D eigenvalue weighted by molar-refractivity contribution is 4.73. The fraction of sp³-hybridized carbons (Fsp3) is 1.00. The molecule has 0 aliphatic carbocycles. The van der Waals surface area contributed by atoms with Crippen molar-refractivity contribution >= 4 is 0 Å². The highest BCUT2D eigenvalue weighted by Crippen LogP contribution is 2.24. The molecule has 14 heavy (non-hydrogen) atoms. The molecule has 2 nitrogen and oxygen atoms in total. The van der Waals surface area contributed by atoms with E-state index in [2.05, 4.69) is 13.8 Å². The maximum Gasteiger partial charge on any atom is 0.0572 e. The molecule has 2 unspecified atom stereocenters. The van der Waals surface area contributed by atoms with E-state index in [0.717, 1.165) is 32.5 Å². The minimum absolute atomic E-state index is 0.0968. The van der Waals surface area contributed by atoms with Crippen molar-refractivity contribution in [3.05, 3.63) is 0 Å².